The zero-order chi connectivity index (χ0) is 28.7. The summed E-state index contributed by atoms with van der Waals surface area (Å²) in [4.78, 5) is -0.922. The van der Waals surface area contributed by atoms with Crippen molar-refractivity contribution in [2.75, 3.05) is 5.73 Å². The predicted molar refractivity (Wildman–Crippen MR) is 144 cm³/mol. The van der Waals surface area contributed by atoms with E-state index < -0.39 is 35.8 Å². The molecular weight excluding hydrogens is 604 g/mol. The average molecular weight is 622 g/mol. The largest absolute Gasteiger partial charge is 1.00 e. The summed E-state index contributed by atoms with van der Waals surface area (Å²) in [6.07, 6.45) is 0. The van der Waals surface area contributed by atoms with Crippen molar-refractivity contribution in [1.29, 1.82) is 0 Å². The summed E-state index contributed by atoms with van der Waals surface area (Å²) >= 11 is 0. The first-order valence-electron chi connectivity index (χ1n) is 11.3. The maximum atomic E-state index is 12.6. The fraction of sp³-hybridized carbons (Fsp3) is 0. The third-order valence-corrected chi connectivity index (χ3v) is 7.59. The first-order valence-corrected chi connectivity index (χ1v) is 14.2. The Morgan fingerprint density at radius 3 is 1.83 bits per heavy atom. The Bertz CT molecular complexity index is 2110. The molecule has 202 valence electrons. The van der Waals surface area contributed by atoms with Gasteiger partial charge in [-0.25, -0.2) is 8.42 Å². The van der Waals surface area contributed by atoms with Crippen LogP contribution in [0, 0.1) is 0 Å². The maximum absolute atomic E-state index is 12.6. The minimum atomic E-state index is -4.68. The Labute approximate surface area is 284 Å². The molecule has 0 bridgehead atoms. The van der Waals surface area contributed by atoms with E-state index in [0.717, 1.165) is 12.1 Å². The summed E-state index contributed by atoms with van der Waals surface area (Å²) in [5.41, 5.74) is 6.33. The number of azo groups is 2. The second-order valence-electron chi connectivity index (χ2n) is 8.50. The number of hydrogen-bond donors (Lipinski definition) is 2. The topological polar surface area (TPSA) is 210 Å². The molecule has 16 heteroatoms. The molecule has 42 heavy (non-hydrogen) atoms. The van der Waals surface area contributed by atoms with Gasteiger partial charge in [0.25, 0.3) is 10.1 Å². The number of nitrogens with two attached hydrogens (primary N) is 1. The molecule has 5 aromatic carbocycles. The molecule has 0 aromatic heterocycles. The second-order valence-corrected chi connectivity index (χ2v) is 11.3. The van der Waals surface area contributed by atoms with E-state index >= 15 is 0 Å². The van der Waals surface area contributed by atoms with E-state index in [0.29, 0.717) is 32.9 Å². The van der Waals surface area contributed by atoms with Crippen molar-refractivity contribution in [3.05, 3.63) is 84.9 Å². The predicted octanol–water partition coefficient (Wildman–Crippen LogP) is -0.362. The third kappa shape index (κ3) is 7.23. The number of fused-ring (bicyclic) bond motifs is 2. The van der Waals surface area contributed by atoms with Crippen LogP contribution >= 0.6 is 0 Å². The Morgan fingerprint density at radius 1 is 0.667 bits per heavy atom. The smallest absolute Gasteiger partial charge is 0.871 e. The number of hydrogen-bond acceptors (Lipinski definition) is 11. The summed E-state index contributed by atoms with van der Waals surface area (Å²) in [6.45, 7) is 0. The van der Waals surface area contributed by atoms with Crippen molar-refractivity contribution in [3.8, 4) is 5.75 Å². The van der Waals surface area contributed by atoms with Crippen molar-refractivity contribution in [2.24, 2.45) is 20.5 Å². The molecule has 5 rings (SSSR count). The van der Waals surface area contributed by atoms with Crippen molar-refractivity contribution in [3.63, 3.8) is 0 Å². The Kier molecular flexibility index (Phi) is 10.7. The van der Waals surface area contributed by atoms with Gasteiger partial charge in [0.15, 0.2) is 0 Å². The van der Waals surface area contributed by atoms with Crippen molar-refractivity contribution in [1.82, 2.24) is 0 Å². The van der Waals surface area contributed by atoms with Crippen molar-refractivity contribution >= 4 is 70.2 Å². The first kappa shape index (κ1) is 33.7. The summed E-state index contributed by atoms with van der Waals surface area (Å²) < 4.78 is 67.1. The van der Waals surface area contributed by atoms with Crippen LogP contribution < -0.4 is 70.0 Å². The molecule has 0 spiro atoms. The van der Waals surface area contributed by atoms with E-state index in [1.165, 1.54) is 36.4 Å². The molecule has 0 heterocycles. The summed E-state index contributed by atoms with van der Waals surface area (Å²) in [6, 6.07) is 20.1. The maximum Gasteiger partial charge on any atom is 1.00 e. The number of rotatable bonds is 6. The van der Waals surface area contributed by atoms with Crippen LogP contribution in [0.25, 0.3) is 21.5 Å². The van der Waals surface area contributed by atoms with Crippen LogP contribution in [0.4, 0.5) is 28.4 Å². The number of benzene rings is 5. The summed E-state index contributed by atoms with van der Waals surface area (Å²) in [7, 11) is -9.29. The molecule has 3 N–H and O–H groups in total. The van der Waals surface area contributed by atoms with E-state index in [-0.39, 0.29) is 76.2 Å². The minimum absolute atomic E-state index is 0. The molecule has 0 aliphatic carbocycles. The molecule has 0 unspecified atom stereocenters. The minimum Gasteiger partial charge on any atom is -0.871 e. The molecule has 0 atom stereocenters. The number of anilines is 1. The van der Waals surface area contributed by atoms with E-state index in [1.807, 2.05) is 0 Å². The number of nitrogens with zero attached hydrogens (tertiary/aromatic N) is 4. The average Bonchev–Trinajstić information content (AvgIpc) is 2.91. The molecule has 0 saturated heterocycles. The molecule has 0 aliphatic heterocycles. The number of nitrogen functional groups attached to an aromatic ring is 1. The van der Waals surface area contributed by atoms with Crippen molar-refractivity contribution in [2.45, 2.75) is 9.79 Å². The molecular formula is C26H17N5Na2O7S2. The van der Waals surface area contributed by atoms with Gasteiger partial charge in [-0.3, -0.25) is 4.55 Å². The van der Waals surface area contributed by atoms with Gasteiger partial charge in [0.05, 0.1) is 22.0 Å². The van der Waals surface area contributed by atoms with Crippen LogP contribution in [0.3, 0.4) is 0 Å². The van der Waals surface area contributed by atoms with Crippen LogP contribution in [0.1, 0.15) is 0 Å². The Morgan fingerprint density at radius 2 is 1.24 bits per heavy atom. The van der Waals surface area contributed by atoms with Crippen LogP contribution in [0.2, 0.25) is 0 Å². The monoisotopic (exact) mass is 621 g/mol. The van der Waals surface area contributed by atoms with Gasteiger partial charge < -0.3 is 15.4 Å². The van der Waals surface area contributed by atoms with E-state index in [9.17, 15) is 31.0 Å². The molecule has 0 fully saturated rings. The van der Waals surface area contributed by atoms with Gasteiger partial charge in [-0.15, -0.1) is 15.3 Å². The zero-order valence-corrected chi connectivity index (χ0v) is 27.8. The van der Waals surface area contributed by atoms with E-state index in [4.69, 9.17) is 5.73 Å². The van der Waals surface area contributed by atoms with Gasteiger partial charge >= 0.3 is 59.1 Å². The molecule has 12 nitrogen and oxygen atoms in total. The standard InChI is InChI=1S/C26H19N5O7S2.2Na/c27-16-6-9-23(25(14-16)40(36,37)38)30-28-21-10-11-22(20-4-2-1-3-19(20)21)29-31-26-18-8-7-17(39(33,34)35)13-15(18)5-12-24(26)32;;/h1-14,32H,27H2,(H,33,34,35)(H,36,37,38);;/q;2*+1/p-2. The molecule has 0 amide bonds. The van der Waals surface area contributed by atoms with E-state index in [2.05, 4.69) is 20.5 Å². The Balaban J connectivity index is 0.00000242. The third-order valence-electron chi connectivity index (χ3n) is 5.88. The fourth-order valence-electron chi connectivity index (χ4n) is 4.00. The van der Waals surface area contributed by atoms with E-state index in [1.54, 1.807) is 36.4 Å². The quantitative estimate of drug-likeness (QED) is 0.110. The Hall–Kier alpha value is -2.76. The molecule has 0 aliphatic rings. The normalized spacial score (nSPS) is 12.0. The van der Waals surface area contributed by atoms with Gasteiger partial charge in [0.1, 0.15) is 20.7 Å². The summed E-state index contributed by atoms with van der Waals surface area (Å²) in [5.74, 6) is -0.457. The van der Waals surface area contributed by atoms with Gasteiger partial charge in [-0.2, -0.15) is 13.5 Å². The second kappa shape index (κ2) is 13.3. The van der Waals surface area contributed by atoms with Crippen molar-refractivity contribution < 1.29 is 90.2 Å². The van der Waals surface area contributed by atoms with Crippen LogP contribution in [0.15, 0.2) is 115 Å². The zero-order valence-electron chi connectivity index (χ0n) is 22.2. The van der Waals surface area contributed by atoms with Gasteiger partial charge in [-0.1, -0.05) is 48.2 Å². The van der Waals surface area contributed by atoms with Crippen LogP contribution in [-0.2, 0) is 20.2 Å². The van der Waals surface area contributed by atoms with Gasteiger partial charge in [0.2, 0.25) is 0 Å². The van der Waals surface area contributed by atoms with Crippen LogP contribution in [0.5, 0.6) is 5.75 Å². The fourth-order valence-corrected chi connectivity index (χ4v) is 5.17. The van der Waals surface area contributed by atoms with Crippen LogP contribution in [-0.4, -0.2) is 25.9 Å². The van der Waals surface area contributed by atoms with Gasteiger partial charge in [0, 0.05) is 21.8 Å². The summed E-state index contributed by atoms with van der Waals surface area (Å²) in [5, 5.41) is 30.9. The SMILES string of the molecule is Nc1ccc(N=Nc2ccc(N=Nc3c([O-])ccc4cc(S(=O)(=O)[O-])ccc34)c3ccccc23)c(S(=O)(=O)O)c1.[Na+].[Na+]. The first-order chi connectivity index (χ1) is 18.9. The molecule has 5 aromatic rings. The molecule has 0 radical (unpaired) electrons. The van der Waals surface area contributed by atoms with Gasteiger partial charge in [-0.05, 0) is 47.9 Å². The molecule has 0 saturated carbocycles.